The third-order valence-corrected chi connectivity index (χ3v) is 2.96. The summed E-state index contributed by atoms with van der Waals surface area (Å²) < 4.78 is 36.5. The molecule has 0 saturated heterocycles. The molecule has 0 aliphatic heterocycles. The highest BCUT2D eigenvalue weighted by Crippen LogP contribution is 2.24. The lowest BCUT2D eigenvalue weighted by molar-refractivity contribution is 0.453. The second kappa shape index (κ2) is 4.65. The zero-order valence-corrected chi connectivity index (χ0v) is 11.0. The number of hydrogen-bond acceptors (Lipinski definition) is 6. The molecule has 19 heavy (non-hydrogen) atoms. The summed E-state index contributed by atoms with van der Waals surface area (Å²) >= 11 is 0. The lowest BCUT2D eigenvalue weighted by Crippen LogP contribution is -2.29. The molecule has 0 radical (unpaired) electrons. The smallest absolute Gasteiger partial charge is 0.336 e. The quantitative estimate of drug-likeness (QED) is 0.489. The van der Waals surface area contributed by atoms with E-state index in [2.05, 4.69) is 5.43 Å². The van der Waals surface area contributed by atoms with Gasteiger partial charge in [0.05, 0.1) is 5.69 Å². The summed E-state index contributed by atoms with van der Waals surface area (Å²) in [5, 5.41) is 0.651. The van der Waals surface area contributed by atoms with Gasteiger partial charge in [0.2, 0.25) is 0 Å². The zero-order chi connectivity index (χ0) is 14.2. The third-order valence-electron chi connectivity index (χ3n) is 2.61. The van der Waals surface area contributed by atoms with Crippen molar-refractivity contribution in [3.05, 3.63) is 39.7 Å². The minimum Gasteiger partial charge on any atom is -0.734 e. The van der Waals surface area contributed by atoms with Gasteiger partial charge >= 0.3 is 5.63 Å². The van der Waals surface area contributed by atoms with Crippen LogP contribution >= 0.6 is 0 Å². The first-order valence-electron chi connectivity index (χ1n) is 5.30. The van der Waals surface area contributed by atoms with Gasteiger partial charge in [-0.3, -0.25) is 0 Å². The molecule has 2 N–H and O–H groups in total. The highest BCUT2D eigenvalue weighted by molar-refractivity contribution is 7.83. The van der Waals surface area contributed by atoms with Crippen LogP contribution < -0.4 is 15.9 Å². The van der Waals surface area contributed by atoms with Crippen LogP contribution in [0.2, 0.25) is 0 Å². The first-order chi connectivity index (χ1) is 8.76. The fourth-order valence-corrected chi connectivity index (χ4v) is 1.95. The summed E-state index contributed by atoms with van der Waals surface area (Å²) in [4.78, 5) is 12.9. The van der Waals surface area contributed by atoms with Gasteiger partial charge in [-0.05, 0) is 37.1 Å². The number of hydrazine groups is 1. The normalized spacial score (nSPS) is 11.7. The Morgan fingerprint density at radius 2 is 1.84 bits per heavy atom. The third kappa shape index (κ3) is 3.11. The highest BCUT2D eigenvalue weighted by Gasteiger charge is 2.07. The molecule has 0 fully saturated rings. The van der Waals surface area contributed by atoms with E-state index < -0.39 is 15.9 Å². The van der Waals surface area contributed by atoms with E-state index in [0.29, 0.717) is 27.8 Å². The highest BCUT2D eigenvalue weighted by atomic mass is 32.2. The molecule has 0 unspecified atom stereocenters. The van der Waals surface area contributed by atoms with Gasteiger partial charge in [0.25, 0.3) is 0 Å². The van der Waals surface area contributed by atoms with E-state index in [4.69, 9.17) is 4.42 Å². The molecule has 8 heteroatoms. The fourth-order valence-electron chi connectivity index (χ4n) is 1.72. The van der Waals surface area contributed by atoms with E-state index in [-0.39, 0.29) is 0 Å². The predicted octanol–water partition coefficient (Wildman–Crippen LogP) is 0.787. The zero-order valence-electron chi connectivity index (χ0n) is 10.2. The molecular formula is C11H11N2O5S-. The molecular weight excluding hydrogens is 272 g/mol. The van der Waals surface area contributed by atoms with E-state index in [0.717, 1.165) is 0 Å². The molecule has 0 amide bonds. The summed E-state index contributed by atoms with van der Waals surface area (Å²) in [7, 11) is -4.59. The fraction of sp³-hybridized carbons (Fsp3) is 0.182. The number of fused-ring (bicyclic) bond motifs is 1. The van der Waals surface area contributed by atoms with Crippen LogP contribution in [0.1, 0.15) is 11.1 Å². The standard InChI is InChI=1S/C11H12N2O5S/c1-6-4-11(14)18-10-3-7(2)9(5-8(6)10)12-13-19(15,16)17/h3-5,12-13H,1-2H3,(H,15,16,17)/p-1. The predicted molar refractivity (Wildman–Crippen MR) is 68.4 cm³/mol. The van der Waals surface area contributed by atoms with Gasteiger partial charge in [0.1, 0.15) is 5.58 Å². The number of anilines is 1. The first kappa shape index (κ1) is 13.5. The Bertz CT molecular complexity index is 795. The van der Waals surface area contributed by atoms with E-state index >= 15 is 0 Å². The summed E-state index contributed by atoms with van der Waals surface area (Å²) in [6, 6.07) is 4.52. The van der Waals surface area contributed by atoms with Crippen molar-refractivity contribution in [2.75, 3.05) is 5.43 Å². The first-order valence-corrected chi connectivity index (χ1v) is 6.71. The van der Waals surface area contributed by atoms with Crippen LogP contribution in [0, 0.1) is 13.8 Å². The lowest BCUT2D eigenvalue weighted by Gasteiger charge is -2.14. The van der Waals surface area contributed by atoms with Crippen molar-refractivity contribution in [3.8, 4) is 0 Å². The summed E-state index contributed by atoms with van der Waals surface area (Å²) in [6.07, 6.45) is 0. The molecule has 0 atom stereocenters. The molecule has 0 aliphatic carbocycles. The second-order valence-electron chi connectivity index (χ2n) is 4.09. The minimum absolute atomic E-state index is 0.401. The molecule has 1 aromatic heterocycles. The Balaban J connectivity index is 2.52. The number of rotatable bonds is 3. The van der Waals surface area contributed by atoms with Crippen molar-refractivity contribution in [2.45, 2.75) is 13.8 Å². The number of hydrogen-bond donors (Lipinski definition) is 2. The van der Waals surface area contributed by atoms with Crippen LogP contribution in [0.4, 0.5) is 5.69 Å². The van der Waals surface area contributed by atoms with Crippen LogP contribution in [0.25, 0.3) is 11.0 Å². The molecule has 1 heterocycles. The van der Waals surface area contributed by atoms with Gasteiger partial charge in [-0.1, -0.05) is 0 Å². The van der Waals surface area contributed by atoms with Crippen molar-refractivity contribution in [2.24, 2.45) is 0 Å². The number of benzene rings is 1. The molecule has 2 aromatic rings. The molecule has 1 aromatic carbocycles. The van der Waals surface area contributed by atoms with Gasteiger partial charge in [-0.25, -0.2) is 13.2 Å². The van der Waals surface area contributed by atoms with Crippen molar-refractivity contribution >= 4 is 27.0 Å². The van der Waals surface area contributed by atoms with Crippen molar-refractivity contribution in [1.29, 1.82) is 0 Å². The van der Waals surface area contributed by atoms with Gasteiger partial charge in [-0.2, -0.15) is 0 Å². The molecule has 0 spiro atoms. The molecule has 7 nitrogen and oxygen atoms in total. The van der Waals surface area contributed by atoms with Gasteiger partial charge in [-0.15, -0.1) is 4.83 Å². The largest absolute Gasteiger partial charge is 0.734 e. The van der Waals surface area contributed by atoms with Gasteiger partial charge < -0.3 is 14.4 Å². The second-order valence-corrected chi connectivity index (χ2v) is 5.21. The maximum atomic E-state index is 11.2. The van der Waals surface area contributed by atoms with Crippen molar-refractivity contribution < 1.29 is 17.4 Å². The maximum Gasteiger partial charge on any atom is 0.336 e. The summed E-state index contributed by atoms with van der Waals surface area (Å²) in [6.45, 7) is 3.42. The maximum absolute atomic E-state index is 11.2. The van der Waals surface area contributed by atoms with Gasteiger partial charge in [0, 0.05) is 11.5 Å². The average molecular weight is 283 g/mol. The topological polar surface area (TPSA) is 111 Å². The molecule has 0 bridgehead atoms. The van der Waals surface area contributed by atoms with E-state index in [1.54, 1.807) is 30.8 Å². The van der Waals surface area contributed by atoms with Crippen LogP contribution in [-0.4, -0.2) is 13.0 Å². The molecule has 0 aliphatic rings. The van der Waals surface area contributed by atoms with Crippen molar-refractivity contribution in [3.63, 3.8) is 0 Å². The SMILES string of the molecule is Cc1cc2oc(=O)cc(C)c2cc1NNS(=O)(=O)[O-]. The van der Waals surface area contributed by atoms with Crippen LogP contribution in [0.15, 0.2) is 27.4 Å². The molecule has 102 valence electrons. The summed E-state index contributed by atoms with van der Waals surface area (Å²) in [5.41, 5.74) is 3.99. The van der Waals surface area contributed by atoms with Crippen LogP contribution in [0.5, 0.6) is 0 Å². The van der Waals surface area contributed by atoms with Gasteiger partial charge in [0.15, 0.2) is 10.3 Å². The van der Waals surface area contributed by atoms with Crippen LogP contribution in [0.3, 0.4) is 0 Å². The summed E-state index contributed by atoms with van der Waals surface area (Å²) in [5.74, 6) is 0. The van der Waals surface area contributed by atoms with Crippen LogP contribution in [-0.2, 0) is 10.3 Å². The minimum atomic E-state index is -4.59. The molecule has 2 rings (SSSR count). The Morgan fingerprint density at radius 1 is 1.16 bits per heavy atom. The lowest BCUT2D eigenvalue weighted by atomic mass is 10.1. The monoisotopic (exact) mass is 283 g/mol. The molecule has 0 saturated carbocycles. The number of aryl methyl sites for hydroxylation is 2. The number of nitrogens with one attached hydrogen (secondary N) is 2. The Kier molecular flexibility index (Phi) is 3.31. The van der Waals surface area contributed by atoms with Crippen molar-refractivity contribution in [1.82, 2.24) is 4.83 Å². The Morgan fingerprint density at radius 3 is 2.47 bits per heavy atom. The Hall–Kier alpha value is -1.90. The Labute approximate surface area is 109 Å². The van der Waals surface area contributed by atoms with E-state index in [1.807, 2.05) is 0 Å². The van der Waals surface area contributed by atoms with E-state index in [1.165, 1.54) is 6.07 Å². The average Bonchev–Trinajstić information content (AvgIpc) is 2.25. The van der Waals surface area contributed by atoms with E-state index in [9.17, 15) is 17.8 Å².